The monoisotopic (exact) mass is 572 g/mol. The smallest absolute Gasteiger partial charge is 0.343 e. The van der Waals surface area contributed by atoms with Gasteiger partial charge in [-0.25, -0.2) is 10.2 Å². The van der Waals surface area contributed by atoms with E-state index in [0.29, 0.717) is 16.9 Å². The molecule has 11 nitrogen and oxygen atoms in total. The number of nitrogens with one attached hydrogen (secondary N) is 3. The van der Waals surface area contributed by atoms with Crippen LogP contribution in [0.15, 0.2) is 71.8 Å². The Balaban J connectivity index is 1.33. The zero-order chi connectivity index (χ0) is 29.9. The van der Waals surface area contributed by atoms with Gasteiger partial charge in [0, 0.05) is 6.04 Å². The Morgan fingerprint density at radius 2 is 1.57 bits per heavy atom. The van der Waals surface area contributed by atoms with Crippen LogP contribution >= 0.6 is 0 Å². The van der Waals surface area contributed by atoms with Gasteiger partial charge in [0.1, 0.15) is 5.75 Å². The summed E-state index contributed by atoms with van der Waals surface area (Å²) in [6.07, 6.45) is 6.44. The van der Waals surface area contributed by atoms with Crippen LogP contribution in [0.2, 0.25) is 0 Å². The molecule has 0 heterocycles. The molecular formula is C31H32N4O7. The summed E-state index contributed by atoms with van der Waals surface area (Å²) in [4.78, 5) is 50.2. The molecule has 0 spiro atoms. The molecule has 0 atom stereocenters. The quantitative estimate of drug-likeness (QED) is 0.115. The van der Waals surface area contributed by atoms with E-state index in [1.54, 1.807) is 60.7 Å². The van der Waals surface area contributed by atoms with Crippen LogP contribution in [-0.4, -0.2) is 50.2 Å². The molecule has 3 aromatic rings. The third kappa shape index (κ3) is 7.94. The fourth-order valence-electron chi connectivity index (χ4n) is 4.43. The maximum atomic E-state index is 12.8. The predicted octanol–water partition coefficient (Wildman–Crippen LogP) is 4.07. The lowest BCUT2D eigenvalue weighted by atomic mass is 9.95. The van der Waals surface area contributed by atoms with E-state index in [1.807, 2.05) is 0 Å². The van der Waals surface area contributed by atoms with Crippen LogP contribution in [0.3, 0.4) is 0 Å². The summed E-state index contributed by atoms with van der Waals surface area (Å²) in [6, 6.07) is 17.7. The van der Waals surface area contributed by atoms with Crippen molar-refractivity contribution in [3.05, 3.63) is 83.4 Å². The Labute approximate surface area is 243 Å². The standard InChI is InChI=1S/C31H32N4O7/c1-40-23-15-13-21(14-16-23)31(39)42-26-17-12-20(18-27(26)41-2)19-32-35-30(38)29(37)34-25-11-7-6-10-24(25)28(36)33-22-8-4-3-5-9-22/h6-7,10-19,22H,3-5,8-9H2,1-2H3,(H,33,36)(H,34,37)(H,35,38)/b32-19-. The number of hydrogen-bond acceptors (Lipinski definition) is 8. The first kappa shape index (κ1) is 29.8. The van der Waals surface area contributed by atoms with Gasteiger partial charge in [-0.2, -0.15) is 5.10 Å². The summed E-state index contributed by atoms with van der Waals surface area (Å²) >= 11 is 0. The van der Waals surface area contributed by atoms with Crippen LogP contribution in [0.1, 0.15) is 58.4 Å². The topological polar surface area (TPSA) is 144 Å². The van der Waals surface area contributed by atoms with E-state index in [1.165, 1.54) is 26.5 Å². The average molecular weight is 573 g/mol. The van der Waals surface area contributed by atoms with Crippen molar-refractivity contribution in [3.63, 3.8) is 0 Å². The Bertz CT molecular complexity index is 1460. The molecule has 0 aromatic heterocycles. The third-order valence-electron chi connectivity index (χ3n) is 6.66. The minimum Gasteiger partial charge on any atom is -0.497 e. The van der Waals surface area contributed by atoms with E-state index >= 15 is 0 Å². The van der Waals surface area contributed by atoms with Gasteiger partial charge in [0.15, 0.2) is 11.5 Å². The molecule has 1 aliphatic rings. The first-order valence-electron chi connectivity index (χ1n) is 13.5. The molecule has 1 fully saturated rings. The van der Waals surface area contributed by atoms with Crippen molar-refractivity contribution in [2.45, 2.75) is 38.1 Å². The lowest BCUT2D eigenvalue weighted by Crippen LogP contribution is -2.37. The SMILES string of the molecule is COc1ccc(C(=O)Oc2ccc(/C=N\NC(=O)C(=O)Nc3ccccc3C(=O)NC3CCCCC3)cc2OC)cc1. The van der Waals surface area contributed by atoms with Crippen LogP contribution in [0.25, 0.3) is 0 Å². The highest BCUT2D eigenvalue weighted by Gasteiger charge is 2.21. The van der Waals surface area contributed by atoms with E-state index in [2.05, 4.69) is 21.2 Å². The van der Waals surface area contributed by atoms with Crippen LogP contribution in [0, 0.1) is 0 Å². The number of methoxy groups -OCH3 is 2. The Morgan fingerprint density at radius 3 is 2.29 bits per heavy atom. The highest BCUT2D eigenvalue weighted by molar-refractivity contribution is 6.40. The molecule has 42 heavy (non-hydrogen) atoms. The van der Waals surface area contributed by atoms with Crippen LogP contribution in [0.4, 0.5) is 5.69 Å². The number of anilines is 1. The number of carbonyl (C=O) groups excluding carboxylic acids is 4. The number of esters is 1. The molecule has 1 aliphatic carbocycles. The van der Waals surface area contributed by atoms with Crippen molar-refractivity contribution in [2.24, 2.45) is 5.10 Å². The van der Waals surface area contributed by atoms with Crippen LogP contribution in [-0.2, 0) is 9.59 Å². The zero-order valence-corrected chi connectivity index (χ0v) is 23.3. The molecule has 11 heteroatoms. The molecule has 3 aromatic carbocycles. The van der Waals surface area contributed by atoms with Crippen LogP contribution < -0.4 is 30.3 Å². The van der Waals surface area contributed by atoms with Gasteiger partial charge >= 0.3 is 17.8 Å². The van der Waals surface area contributed by atoms with Crippen molar-refractivity contribution in [1.82, 2.24) is 10.7 Å². The number of rotatable bonds is 9. The minimum absolute atomic E-state index is 0.0980. The number of amides is 3. The van der Waals surface area contributed by atoms with Gasteiger partial charge in [-0.15, -0.1) is 0 Å². The van der Waals surface area contributed by atoms with Gasteiger partial charge in [0.25, 0.3) is 5.91 Å². The molecule has 0 bridgehead atoms. The van der Waals surface area contributed by atoms with Gasteiger partial charge in [-0.3, -0.25) is 14.4 Å². The molecule has 3 amide bonds. The molecule has 3 N–H and O–H groups in total. The third-order valence-corrected chi connectivity index (χ3v) is 6.66. The van der Waals surface area contributed by atoms with E-state index in [4.69, 9.17) is 14.2 Å². The Kier molecular flexibility index (Phi) is 10.2. The fourth-order valence-corrected chi connectivity index (χ4v) is 4.43. The van der Waals surface area contributed by atoms with Crippen molar-refractivity contribution in [1.29, 1.82) is 0 Å². The number of carbonyl (C=O) groups is 4. The van der Waals surface area contributed by atoms with Gasteiger partial charge < -0.3 is 24.8 Å². The minimum atomic E-state index is -1.02. The normalized spacial score (nSPS) is 13.2. The first-order valence-corrected chi connectivity index (χ1v) is 13.5. The summed E-state index contributed by atoms with van der Waals surface area (Å²) < 4.78 is 15.9. The van der Waals surface area contributed by atoms with E-state index in [0.717, 1.165) is 32.1 Å². The summed E-state index contributed by atoms with van der Waals surface area (Å²) in [7, 11) is 2.95. The zero-order valence-electron chi connectivity index (χ0n) is 23.3. The lowest BCUT2D eigenvalue weighted by molar-refractivity contribution is -0.136. The first-order chi connectivity index (χ1) is 20.4. The number of ether oxygens (including phenoxy) is 3. The van der Waals surface area contributed by atoms with Crippen molar-refractivity contribution < 1.29 is 33.4 Å². The van der Waals surface area contributed by atoms with E-state index in [9.17, 15) is 19.2 Å². The second kappa shape index (κ2) is 14.4. The summed E-state index contributed by atoms with van der Waals surface area (Å²) in [6.45, 7) is 0. The maximum absolute atomic E-state index is 12.8. The highest BCUT2D eigenvalue weighted by atomic mass is 16.6. The molecule has 0 saturated heterocycles. The second-order valence-corrected chi connectivity index (χ2v) is 9.54. The molecule has 1 saturated carbocycles. The van der Waals surface area contributed by atoms with Gasteiger partial charge in [0.2, 0.25) is 0 Å². The summed E-state index contributed by atoms with van der Waals surface area (Å²) in [5.74, 6) is -1.83. The highest BCUT2D eigenvalue weighted by Crippen LogP contribution is 2.28. The van der Waals surface area contributed by atoms with E-state index in [-0.39, 0.29) is 34.7 Å². The Hall–Kier alpha value is -5.19. The van der Waals surface area contributed by atoms with Gasteiger partial charge in [-0.1, -0.05) is 31.4 Å². The Morgan fingerprint density at radius 1 is 0.833 bits per heavy atom. The van der Waals surface area contributed by atoms with Crippen LogP contribution in [0.5, 0.6) is 17.2 Å². The van der Waals surface area contributed by atoms with Gasteiger partial charge in [0.05, 0.1) is 37.2 Å². The molecular weight excluding hydrogens is 540 g/mol. The number of para-hydroxylation sites is 1. The lowest BCUT2D eigenvalue weighted by Gasteiger charge is -2.23. The van der Waals surface area contributed by atoms with Crippen molar-refractivity contribution >= 4 is 35.6 Å². The number of hydrazone groups is 1. The van der Waals surface area contributed by atoms with Gasteiger partial charge in [-0.05, 0) is 73.0 Å². The maximum Gasteiger partial charge on any atom is 0.343 e. The average Bonchev–Trinajstić information content (AvgIpc) is 3.02. The van der Waals surface area contributed by atoms with Crippen molar-refractivity contribution in [3.8, 4) is 17.2 Å². The summed E-state index contributed by atoms with van der Waals surface area (Å²) in [5.41, 5.74) is 3.49. The number of nitrogens with zero attached hydrogens (tertiary/aromatic N) is 1. The number of benzene rings is 3. The fraction of sp³-hybridized carbons (Fsp3) is 0.258. The second-order valence-electron chi connectivity index (χ2n) is 9.54. The molecule has 218 valence electrons. The molecule has 0 radical (unpaired) electrons. The predicted molar refractivity (Wildman–Crippen MR) is 156 cm³/mol. The van der Waals surface area contributed by atoms with Crippen molar-refractivity contribution in [2.75, 3.05) is 19.5 Å². The molecule has 0 aliphatic heterocycles. The largest absolute Gasteiger partial charge is 0.497 e. The summed E-state index contributed by atoms with van der Waals surface area (Å²) in [5, 5.41) is 9.32. The number of hydrogen-bond donors (Lipinski definition) is 3. The molecule has 0 unspecified atom stereocenters. The molecule has 4 rings (SSSR count). The van der Waals surface area contributed by atoms with E-state index < -0.39 is 17.8 Å².